The molecule has 5 amide bonds. The molecular formula is C61H74Cl4F3K2N11O14. The van der Waals surface area contributed by atoms with Crippen LogP contribution in [0.5, 0.6) is 0 Å². The summed E-state index contributed by atoms with van der Waals surface area (Å²) in [5.41, 5.74) is 18.1. The van der Waals surface area contributed by atoms with Crippen LogP contribution < -0.4 is 141 Å². The minimum absolute atomic E-state index is 0. The molecule has 7 aromatic rings. The van der Waals surface area contributed by atoms with Crippen molar-refractivity contribution in [1.29, 1.82) is 0 Å². The number of alkyl halides is 1. The van der Waals surface area contributed by atoms with Gasteiger partial charge in [-0.2, -0.15) is 10.2 Å². The van der Waals surface area contributed by atoms with E-state index in [1.807, 2.05) is 13.8 Å². The van der Waals surface area contributed by atoms with E-state index in [9.17, 15) is 51.8 Å². The van der Waals surface area contributed by atoms with E-state index in [4.69, 9.17) is 89.0 Å². The number of nitrogens with two attached hydrogens (primary N) is 3. The fourth-order valence-electron chi connectivity index (χ4n) is 7.92. The molecule has 25 nitrogen and oxygen atoms in total. The molecule has 3 atom stereocenters. The van der Waals surface area contributed by atoms with Crippen LogP contribution in [0.2, 0.25) is 15.1 Å². The number of hydrogen-bond acceptors (Lipinski definition) is 17. The predicted molar refractivity (Wildman–Crippen MR) is 342 cm³/mol. The molecule has 0 radical (unpaired) electrons. The van der Waals surface area contributed by atoms with Crippen LogP contribution in [-0.2, 0) is 66.3 Å². The number of primary amides is 2. The molecule has 0 saturated heterocycles. The summed E-state index contributed by atoms with van der Waals surface area (Å²) in [6, 6.07) is 27.3. The number of hydrogen-bond donors (Lipinski definition) is 10. The van der Waals surface area contributed by atoms with Crippen molar-refractivity contribution in [3.8, 4) is 0 Å². The van der Waals surface area contributed by atoms with E-state index in [1.54, 1.807) is 85.8 Å². The second kappa shape index (κ2) is 49.5. The number of aryl methyl sites for hydroxylation is 1. The fraction of sp³-hybridized carbons (Fsp3) is 0.344. The largest absolute Gasteiger partial charge is 1.00 e. The quantitative estimate of drug-likeness (QED) is 0.00971. The zero-order valence-corrected chi connectivity index (χ0v) is 62.0. The SMILES string of the molecule is C[C@@H](CCO)N(CC(=O)NCc1cccc(Cl)c1F)C(=O)Cn1nc(C(N)=O)c2ccccc21.C[C@@H](CCO)NCC(=O)NCc1cccc(Cl)c1F.C[C@H](N)CCO.NC(=O)c1nn(CC(=O)O)c2ccccc12.O=C(CCl)CCc1cccc(Cl)c1F.O=CO[O-].[H-].[K+].[K+]. The third-order valence-electron chi connectivity index (χ3n) is 12.7. The molecule has 34 heteroatoms. The zero-order valence-electron chi connectivity index (χ0n) is 53.7. The van der Waals surface area contributed by atoms with Gasteiger partial charge >= 0.3 is 109 Å². The van der Waals surface area contributed by atoms with Gasteiger partial charge in [-0.1, -0.05) is 108 Å². The number of aliphatic hydroxyl groups is 3. The Morgan fingerprint density at radius 2 is 1.08 bits per heavy atom. The number of carbonyl (C=O) groups is 8. The van der Waals surface area contributed by atoms with Gasteiger partial charge in [-0.3, -0.25) is 47.7 Å². The number of aromatic nitrogens is 4. The Hall–Kier alpha value is -5.02. The van der Waals surface area contributed by atoms with Crippen molar-refractivity contribution in [3.63, 3.8) is 0 Å². The molecule has 95 heavy (non-hydrogen) atoms. The molecular weight excluding hydrogens is 1390 g/mol. The summed E-state index contributed by atoms with van der Waals surface area (Å²) in [4.78, 5) is 94.2. The number of fused-ring (bicyclic) bond motifs is 2. The van der Waals surface area contributed by atoms with Gasteiger partial charge in [-0.25, -0.2) is 13.2 Å². The molecule has 0 aliphatic heterocycles. The molecule has 2 aromatic heterocycles. The van der Waals surface area contributed by atoms with Gasteiger partial charge in [0.1, 0.15) is 36.3 Å². The van der Waals surface area contributed by atoms with Gasteiger partial charge in [-0.05, 0) is 82.3 Å². The molecule has 0 unspecified atom stereocenters. The van der Waals surface area contributed by atoms with Crippen molar-refractivity contribution < 1.29 is 186 Å². The van der Waals surface area contributed by atoms with Gasteiger partial charge in [-0.15, -0.1) is 11.6 Å². The van der Waals surface area contributed by atoms with Crippen molar-refractivity contribution >= 4 is 116 Å². The standard InChI is InChI=1S/C23H25ClFN5O4.C13H18ClFN2O2.C10H9Cl2FO.C10H9N3O3.C4H11NO.CH2O3.2K.H/c1-14(9-10-31)29(12-19(32)27-11-15-5-4-7-17(24)21(15)25)20(33)13-30-18-8-3-2-6-16(18)22(28-30)23(26)34;1-9(5-6-18)16-8-12(19)17-7-10-3-2-4-11(14)13(10)15;11-6-8(14)5-4-7-2-1-3-9(12)10(7)13;11-10(16)9-6-3-1-2-4-7(6)13(12-9)5-8(14)15;1-4(5)2-3-6;2-1-4-3;;;/h2-8,14,31H,9-13H2,1H3,(H2,26,34)(H,27,32);2-4,9,16,18H,5-8H2,1H3,(H,17,19);1-3H,4-6H2;1-4H,5H2,(H2,11,16)(H,14,15);4,6H,2-3,5H2,1H3;1,3H;;;/q;;;;;;2*+1;-1/p-1/t14-;9-;;;4-;;;;/m00..0..../s1. The average Bonchev–Trinajstić information content (AvgIpc) is 1.66. The van der Waals surface area contributed by atoms with Crippen LogP contribution in [0.1, 0.15) is 85.5 Å². The molecule has 0 aliphatic carbocycles. The van der Waals surface area contributed by atoms with Crippen molar-refractivity contribution in [3.05, 3.63) is 164 Å². The maximum absolute atomic E-state index is 14.1. The first-order chi connectivity index (χ1) is 44.2. The number of aliphatic hydroxyl groups excluding tert-OH is 3. The number of nitrogens with one attached hydrogen (secondary N) is 3. The van der Waals surface area contributed by atoms with Crippen molar-refractivity contribution in [2.24, 2.45) is 17.2 Å². The van der Waals surface area contributed by atoms with Crippen LogP contribution >= 0.6 is 46.4 Å². The summed E-state index contributed by atoms with van der Waals surface area (Å²) in [6.07, 6.45) is 2.13. The number of nitrogens with zero attached hydrogens (tertiary/aromatic N) is 5. The van der Waals surface area contributed by atoms with Gasteiger partial charge < -0.3 is 70.0 Å². The Kier molecular flexibility index (Phi) is 46.9. The van der Waals surface area contributed by atoms with Gasteiger partial charge in [0.25, 0.3) is 18.3 Å². The smallest absolute Gasteiger partial charge is 1.00 e. The maximum Gasteiger partial charge on any atom is 1.00 e. The van der Waals surface area contributed by atoms with Crippen LogP contribution in [-0.4, -0.2) is 150 Å². The number of carboxylic acid groups (broad SMARTS) is 1. The molecule has 13 N–H and O–H groups in total. The number of halogens is 7. The fourth-order valence-corrected chi connectivity index (χ4v) is 8.63. The normalized spacial score (nSPS) is 11.1. The summed E-state index contributed by atoms with van der Waals surface area (Å²) in [5, 5.41) is 60.7. The number of rotatable bonds is 27. The van der Waals surface area contributed by atoms with E-state index in [1.165, 1.54) is 38.5 Å². The van der Waals surface area contributed by atoms with E-state index in [0.717, 1.165) is 0 Å². The Morgan fingerprint density at radius 3 is 1.48 bits per heavy atom. The Balaban J connectivity index is 0. The first-order valence-corrected chi connectivity index (χ1v) is 29.8. The predicted octanol–water partition coefficient (Wildman–Crippen LogP) is -0.990. The number of carbonyl (C=O) groups excluding carboxylic acids is 7. The van der Waals surface area contributed by atoms with Crippen LogP contribution in [0.4, 0.5) is 13.2 Å². The molecule has 0 saturated carbocycles. The minimum atomic E-state index is -1.02. The zero-order chi connectivity index (χ0) is 69.7. The Labute approximate surface area is 652 Å². The minimum Gasteiger partial charge on any atom is -1.00 e. The summed E-state index contributed by atoms with van der Waals surface area (Å²) in [5.74, 6) is -5.30. The number of Topliss-reactive ketones (excluding diaryl/α,β-unsaturated/α-hetero) is 1. The van der Waals surface area contributed by atoms with Gasteiger partial charge in [0.2, 0.25) is 17.7 Å². The van der Waals surface area contributed by atoms with E-state index in [-0.39, 0.29) is 244 Å². The maximum atomic E-state index is 14.1. The van der Waals surface area contributed by atoms with E-state index in [0.29, 0.717) is 52.2 Å². The second-order valence-electron chi connectivity index (χ2n) is 19.9. The van der Waals surface area contributed by atoms with Crippen LogP contribution in [0.3, 0.4) is 0 Å². The Bertz CT molecular complexity index is 3590. The molecule has 0 fully saturated rings. The van der Waals surface area contributed by atoms with Crippen LogP contribution in [0, 0.1) is 17.5 Å². The van der Waals surface area contributed by atoms with Crippen LogP contribution in [0.25, 0.3) is 21.8 Å². The van der Waals surface area contributed by atoms with Crippen molar-refractivity contribution in [1.82, 2.24) is 40.4 Å². The monoisotopic (exact) mass is 1460 g/mol. The number of aliphatic carboxylic acids is 1. The van der Waals surface area contributed by atoms with Crippen molar-refractivity contribution in [2.75, 3.05) is 38.8 Å². The number of ketones is 1. The molecule has 5 aromatic carbocycles. The summed E-state index contributed by atoms with van der Waals surface area (Å²) < 4.78 is 43.5. The van der Waals surface area contributed by atoms with Gasteiger partial charge in [0.05, 0.1) is 45.1 Å². The number of benzene rings is 5. The van der Waals surface area contributed by atoms with Gasteiger partial charge in [0, 0.05) is 79.4 Å². The van der Waals surface area contributed by atoms with E-state index >= 15 is 0 Å². The Morgan fingerprint density at radius 1 is 0.663 bits per heavy atom. The molecule has 0 bridgehead atoms. The van der Waals surface area contributed by atoms with Gasteiger partial charge in [0.15, 0.2) is 11.4 Å². The first-order valence-electron chi connectivity index (χ1n) is 28.2. The number of para-hydroxylation sites is 2. The number of amides is 5. The average molecular weight is 1460 g/mol. The van der Waals surface area contributed by atoms with E-state index in [2.05, 4.69) is 31.0 Å². The van der Waals surface area contributed by atoms with Crippen molar-refractivity contribution in [2.45, 2.75) is 97.2 Å². The third-order valence-corrected chi connectivity index (χ3v) is 13.9. The molecule has 0 spiro atoms. The summed E-state index contributed by atoms with van der Waals surface area (Å²) in [6.45, 7) is 4.62. The molecule has 2 heterocycles. The molecule has 508 valence electrons. The third kappa shape index (κ3) is 32.9. The van der Waals surface area contributed by atoms with E-state index < -0.39 is 53.1 Å². The second-order valence-corrected chi connectivity index (χ2v) is 21.4. The summed E-state index contributed by atoms with van der Waals surface area (Å²) >= 11 is 22.3. The van der Waals surface area contributed by atoms with Crippen LogP contribution in [0.15, 0.2) is 103 Å². The molecule has 0 aliphatic rings. The topological polar surface area (TPSA) is 403 Å². The summed E-state index contributed by atoms with van der Waals surface area (Å²) in [7, 11) is 0. The number of carboxylic acids is 1. The first kappa shape index (κ1) is 90.0. The molecule has 7 rings (SSSR count).